The molecule has 4 rings (SSSR count). The van der Waals surface area contributed by atoms with E-state index in [1.165, 1.54) is 5.01 Å². The van der Waals surface area contributed by atoms with Gasteiger partial charge in [-0.15, -0.1) is 0 Å². The van der Waals surface area contributed by atoms with Gasteiger partial charge in [-0.05, 0) is 48.8 Å². The largest absolute Gasteiger partial charge is 0.373 e. The molecule has 0 saturated heterocycles. The number of amides is 1. The van der Waals surface area contributed by atoms with Gasteiger partial charge in [-0.2, -0.15) is 15.2 Å². The van der Waals surface area contributed by atoms with Crippen molar-refractivity contribution in [3.05, 3.63) is 103 Å². The molecular formula is C32H42N6O. The first kappa shape index (κ1) is 31.0. The Labute approximate surface area is 233 Å². The van der Waals surface area contributed by atoms with Crippen LogP contribution in [-0.4, -0.2) is 40.0 Å². The van der Waals surface area contributed by atoms with Gasteiger partial charge in [0.2, 0.25) is 0 Å². The minimum absolute atomic E-state index is 0.0387. The number of hydrogen-bond acceptors (Lipinski definition) is 5. The third kappa shape index (κ3) is 8.11. The monoisotopic (exact) mass is 526 g/mol. The number of aryl methyl sites for hydroxylation is 1. The van der Waals surface area contributed by atoms with Gasteiger partial charge in [0.05, 0.1) is 23.5 Å². The van der Waals surface area contributed by atoms with Crippen molar-refractivity contribution in [1.82, 2.24) is 14.8 Å². The maximum Gasteiger partial charge on any atom is 0.253 e. The second kappa shape index (κ2) is 15.9. The summed E-state index contributed by atoms with van der Waals surface area (Å²) in [5.74, 6) is 0.212. The maximum atomic E-state index is 12.8. The molecule has 1 aromatic carbocycles. The maximum absolute atomic E-state index is 12.8. The molecule has 2 aromatic heterocycles. The fourth-order valence-electron chi connectivity index (χ4n) is 4.12. The first-order valence-electron chi connectivity index (χ1n) is 13.6. The Hall–Kier alpha value is -4.26. The highest BCUT2D eigenvalue weighted by molar-refractivity contribution is 6.21. The highest BCUT2D eigenvalue weighted by Crippen LogP contribution is 2.29. The van der Waals surface area contributed by atoms with Crippen LogP contribution in [0.15, 0.2) is 97.2 Å². The van der Waals surface area contributed by atoms with Gasteiger partial charge in [0.15, 0.2) is 0 Å². The molecule has 0 radical (unpaired) electrons. The molecule has 7 heteroatoms. The molecular weight excluding hydrogens is 484 g/mol. The number of anilines is 2. The predicted octanol–water partition coefficient (Wildman–Crippen LogP) is 7.14. The van der Waals surface area contributed by atoms with Gasteiger partial charge in [-0.3, -0.25) is 9.78 Å². The van der Waals surface area contributed by atoms with E-state index in [4.69, 9.17) is 5.10 Å². The van der Waals surface area contributed by atoms with Crippen LogP contribution in [0.5, 0.6) is 0 Å². The average Bonchev–Trinajstić information content (AvgIpc) is 3.64. The molecule has 1 aliphatic rings. The number of pyridine rings is 1. The fraction of sp³-hybridized carbons (Fsp3) is 0.312. The number of carbonyl (C=O) groups is 1. The van der Waals surface area contributed by atoms with E-state index < -0.39 is 0 Å². The SMILES string of the molecule is C=C/C=C(\C=C/C(C)CN(C)c1ccncc1C1=NN(c2ccccc2C)C(=O)C1)n1cccn1.CC.CC. The van der Waals surface area contributed by atoms with Gasteiger partial charge in [-0.1, -0.05) is 71.5 Å². The molecule has 0 bridgehead atoms. The summed E-state index contributed by atoms with van der Waals surface area (Å²) in [6.07, 6.45) is 15.4. The number of hydrazone groups is 1. The second-order valence-corrected chi connectivity index (χ2v) is 8.60. The predicted molar refractivity (Wildman–Crippen MR) is 165 cm³/mol. The van der Waals surface area contributed by atoms with E-state index in [-0.39, 0.29) is 18.2 Å². The Morgan fingerprint density at radius 1 is 1.13 bits per heavy atom. The van der Waals surface area contributed by atoms with E-state index in [1.807, 2.05) is 95.0 Å². The second-order valence-electron chi connectivity index (χ2n) is 8.60. The van der Waals surface area contributed by atoms with E-state index >= 15 is 0 Å². The number of hydrogen-bond donors (Lipinski definition) is 0. The Balaban J connectivity index is 0.00000127. The van der Waals surface area contributed by atoms with Crippen LogP contribution < -0.4 is 9.91 Å². The zero-order chi connectivity index (χ0) is 28.8. The van der Waals surface area contributed by atoms with Crippen LogP contribution in [0.1, 0.15) is 52.2 Å². The highest BCUT2D eigenvalue weighted by Gasteiger charge is 2.29. The summed E-state index contributed by atoms with van der Waals surface area (Å²) in [6, 6.07) is 11.6. The Morgan fingerprint density at radius 2 is 1.87 bits per heavy atom. The smallest absolute Gasteiger partial charge is 0.253 e. The summed E-state index contributed by atoms with van der Waals surface area (Å²) in [5.41, 5.74) is 5.36. The van der Waals surface area contributed by atoms with Gasteiger partial charge >= 0.3 is 0 Å². The van der Waals surface area contributed by atoms with Crippen LogP contribution in [0.4, 0.5) is 11.4 Å². The Morgan fingerprint density at radius 3 is 2.54 bits per heavy atom. The first-order chi connectivity index (χ1) is 19.0. The molecule has 3 heterocycles. The molecule has 0 saturated carbocycles. The lowest BCUT2D eigenvalue weighted by atomic mass is 10.1. The summed E-state index contributed by atoms with van der Waals surface area (Å²) in [5, 5.41) is 10.5. The van der Waals surface area contributed by atoms with Crippen molar-refractivity contribution in [2.24, 2.45) is 11.0 Å². The van der Waals surface area contributed by atoms with E-state index in [1.54, 1.807) is 24.7 Å². The van der Waals surface area contributed by atoms with Crippen LogP contribution in [0, 0.1) is 12.8 Å². The van der Waals surface area contributed by atoms with Gasteiger partial charge in [0.25, 0.3) is 5.91 Å². The van der Waals surface area contributed by atoms with Gasteiger partial charge < -0.3 is 4.90 Å². The van der Waals surface area contributed by atoms with Crippen LogP contribution in [0.2, 0.25) is 0 Å². The van der Waals surface area contributed by atoms with Crippen LogP contribution in [0.3, 0.4) is 0 Å². The summed E-state index contributed by atoms with van der Waals surface area (Å²) >= 11 is 0. The average molecular weight is 527 g/mol. The standard InChI is InChI=1S/C28H30N6O.2C2H6/c1-5-9-23(33-17-8-15-30-33)13-12-21(2)20-32(4)27-14-16-29-19-24(27)25-18-28(35)34(31-25)26-11-7-6-10-22(26)3;2*1-2/h5-17,19,21H,1,18,20H2,2-4H3;2*1-2H3/b13-12-,23-9+;;. The lowest BCUT2D eigenvalue weighted by molar-refractivity contribution is -0.116. The van der Waals surface area contributed by atoms with Crippen molar-refractivity contribution in [3.63, 3.8) is 0 Å². The number of nitrogens with zero attached hydrogens (tertiary/aromatic N) is 6. The van der Waals surface area contributed by atoms with Crippen molar-refractivity contribution in [2.75, 3.05) is 23.5 Å². The van der Waals surface area contributed by atoms with Crippen LogP contribution >= 0.6 is 0 Å². The third-order valence-electron chi connectivity index (χ3n) is 5.85. The fourth-order valence-corrected chi connectivity index (χ4v) is 4.12. The van der Waals surface area contributed by atoms with Gasteiger partial charge in [0.1, 0.15) is 0 Å². The number of aromatic nitrogens is 3. The lowest BCUT2D eigenvalue weighted by Gasteiger charge is -2.24. The topological polar surface area (TPSA) is 66.6 Å². The zero-order valence-corrected chi connectivity index (χ0v) is 24.4. The normalized spacial score (nSPS) is 13.7. The molecule has 206 valence electrons. The molecule has 0 fully saturated rings. The number of carbonyl (C=O) groups excluding carboxylic acids is 1. The van der Waals surface area contributed by atoms with Crippen molar-refractivity contribution >= 4 is 28.7 Å². The van der Waals surface area contributed by atoms with Crippen molar-refractivity contribution < 1.29 is 4.79 Å². The minimum Gasteiger partial charge on any atom is -0.373 e. The number of allylic oxidation sites excluding steroid dienone is 4. The van der Waals surface area contributed by atoms with Crippen LogP contribution in [-0.2, 0) is 4.79 Å². The molecule has 1 aliphatic heterocycles. The molecule has 0 N–H and O–H groups in total. The minimum atomic E-state index is -0.0387. The highest BCUT2D eigenvalue weighted by atomic mass is 16.2. The Kier molecular flexibility index (Phi) is 12.6. The first-order valence-corrected chi connectivity index (χ1v) is 13.6. The summed E-state index contributed by atoms with van der Waals surface area (Å²) in [4.78, 5) is 19.3. The van der Waals surface area contributed by atoms with E-state index in [2.05, 4.69) is 40.6 Å². The number of para-hydroxylation sites is 1. The quantitative estimate of drug-likeness (QED) is 0.278. The molecule has 0 spiro atoms. The molecule has 1 unspecified atom stereocenters. The third-order valence-corrected chi connectivity index (χ3v) is 5.85. The Bertz CT molecular complexity index is 1290. The van der Waals surface area contributed by atoms with Gasteiger partial charge in [-0.25, -0.2) is 4.68 Å². The molecule has 1 amide bonds. The molecule has 1 atom stereocenters. The molecule has 3 aromatic rings. The van der Waals surface area contributed by atoms with Crippen molar-refractivity contribution in [2.45, 2.75) is 48.0 Å². The molecule has 39 heavy (non-hydrogen) atoms. The summed E-state index contributed by atoms with van der Waals surface area (Å²) < 4.78 is 1.81. The summed E-state index contributed by atoms with van der Waals surface area (Å²) in [6.45, 7) is 16.7. The van der Waals surface area contributed by atoms with E-state index in [0.717, 1.165) is 40.5 Å². The number of rotatable bonds is 9. The zero-order valence-electron chi connectivity index (χ0n) is 24.4. The van der Waals surface area contributed by atoms with Gasteiger partial charge in [0, 0.05) is 49.6 Å². The van der Waals surface area contributed by atoms with Crippen LogP contribution in [0.25, 0.3) is 5.70 Å². The lowest BCUT2D eigenvalue weighted by Crippen LogP contribution is -2.25. The molecule has 7 nitrogen and oxygen atoms in total. The van der Waals surface area contributed by atoms with Crippen molar-refractivity contribution in [1.29, 1.82) is 0 Å². The van der Waals surface area contributed by atoms with E-state index in [0.29, 0.717) is 0 Å². The van der Waals surface area contributed by atoms with Crippen molar-refractivity contribution in [3.8, 4) is 0 Å². The summed E-state index contributed by atoms with van der Waals surface area (Å²) in [7, 11) is 2.05. The molecule has 0 aliphatic carbocycles. The number of benzene rings is 1. The van der Waals surface area contributed by atoms with E-state index in [9.17, 15) is 4.79 Å².